The van der Waals surface area contributed by atoms with E-state index in [4.69, 9.17) is 0 Å². The highest BCUT2D eigenvalue weighted by Crippen LogP contribution is 2.52. The quantitative estimate of drug-likeness (QED) is 0.501. The summed E-state index contributed by atoms with van der Waals surface area (Å²) in [6.45, 7) is 4.49. The average Bonchev–Trinajstić information content (AvgIpc) is 3.33. The predicted molar refractivity (Wildman–Crippen MR) is 114 cm³/mol. The minimum Gasteiger partial charge on any atom is -0.377 e. The monoisotopic (exact) mass is 351 g/mol. The molecule has 1 aliphatic heterocycles. The Balaban J connectivity index is 1.57. The van der Waals surface area contributed by atoms with Crippen LogP contribution in [0.15, 0.2) is 54.6 Å². The van der Waals surface area contributed by atoms with Gasteiger partial charge in [0.2, 0.25) is 0 Å². The van der Waals surface area contributed by atoms with Gasteiger partial charge >= 0.3 is 0 Å². The largest absolute Gasteiger partial charge is 0.377 e. The zero-order chi connectivity index (χ0) is 18.1. The molecule has 3 aliphatic rings. The lowest BCUT2D eigenvalue weighted by Gasteiger charge is -2.39. The molecule has 0 unspecified atom stereocenters. The molecule has 0 fully saturated rings. The Morgan fingerprint density at radius 3 is 2.59 bits per heavy atom. The minimum absolute atomic E-state index is 0.378. The van der Waals surface area contributed by atoms with Gasteiger partial charge in [0.1, 0.15) is 0 Å². The maximum Gasteiger partial charge on any atom is 0.0560 e. The van der Waals surface area contributed by atoms with Crippen LogP contribution in [0, 0.1) is 19.8 Å². The normalized spacial score (nSPS) is 24.7. The van der Waals surface area contributed by atoms with Crippen LogP contribution in [-0.2, 0) is 12.8 Å². The maximum absolute atomic E-state index is 4.01. The highest BCUT2D eigenvalue weighted by atomic mass is 15.0. The van der Waals surface area contributed by atoms with Gasteiger partial charge < -0.3 is 5.32 Å². The van der Waals surface area contributed by atoms with Crippen LogP contribution < -0.4 is 5.32 Å². The van der Waals surface area contributed by atoms with Gasteiger partial charge in [-0.05, 0) is 83.2 Å². The van der Waals surface area contributed by atoms with E-state index in [0.29, 0.717) is 17.9 Å². The molecule has 0 radical (unpaired) electrons. The molecule has 2 aliphatic carbocycles. The smallest absolute Gasteiger partial charge is 0.0560 e. The van der Waals surface area contributed by atoms with Crippen molar-refractivity contribution in [1.29, 1.82) is 0 Å². The van der Waals surface area contributed by atoms with E-state index >= 15 is 0 Å². The first-order chi connectivity index (χ1) is 13.2. The van der Waals surface area contributed by atoms with Crippen molar-refractivity contribution in [2.75, 3.05) is 5.32 Å². The van der Waals surface area contributed by atoms with E-state index in [2.05, 4.69) is 73.8 Å². The topological polar surface area (TPSA) is 12.0 Å². The molecule has 3 atom stereocenters. The second-order valence-electron chi connectivity index (χ2n) is 8.60. The molecule has 3 aromatic carbocycles. The predicted octanol–water partition coefficient (Wildman–Crippen LogP) is 6.38. The van der Waals surface area contributed by atoms with Gasteiger partial charge in [0.05, 0.1) is 6.04 Å². The van der Waals surface area contributed by atoms with Gasteiger partial charge in [-0.2, -0.15) is 0 Å². The van der Waals surface area contributed by atoms with Gasteiger partial charge in [-0.3, -0.25) is 0 Å². The Morgan fingerprint density at radius 2 is 1.70 bits per heavy atom. The summed E-state index contributed by atoms with van der Waals surface area (Å²) >= 11 is 0. The number of fused-ring (bicyclic) bond motifs is 3. The molecule has 3 aromatic rings. The number of rotatable bonds is 1. The number of allylic oxidation sites excluding steroid dienone is 2. The molecule has 1 N–H and O–H groups in total. The van der Waals surface area contributed by atoms with Crippen LogP contribution in [0.4, 0.5) is 5.69 Å². The standard InChI is InChI=1S/C26H25N/c1-15-9-13-22-19-6-4-8-21(19)26(27-25(22)16(15)2)23-14-12-18-11-10-17-5-3-7-20(23)24(17)18/h3-7,9,12-14,19,21,26-27H,8,10-11H2,1-2H3/t19-,21+,26-/m1/s1. The molecule has 0 amide bonds. The Labute approximate surface area is 161 Å². The van der Waals surface area contributed by atoms with E-state index in [-0.39, 0.29) is 0 Å². The van der Waals surface area contributed by atoms with E-state index in [9.17, 15) is 0 Å². The van der Waals surface area contributed by atoms with E-state index < -0.39 is 0 Å². The fourth-order valence-corrected chi connectivity index (χ4v) is 5.77. The zero-order valence-corrected chi connectivity index (χ0v) is 16.0. The SMILES string of the molecule is Cc1ccc2c(c1C)N[C@@H](c1ccc3c4c(cccc14)CC3)[C@H]1CC=C[C@@H]21. The summed E-state index contributed by atoms with van der Waals surface area (Å²) in [5.41, 5.74) is 10.2. The number of anilines is 1. The minimum atomic E-state index is 0.378. The summed E-state index contributed by atoms with van der Waals surface area (Å²) in [6.07, 6.45) is 8.41. The summed E-state index contributed by atoms with van der Waals surface area (Å²) in [5, 5.41) is 7.01. The zero-order valence-electron chi connectivity index (χ0n) is 16.0. The Hall–Kier alpha value is -2.54. The number of nitrogens with one attached hydrogen (secondary N) is 1. The summed E-state index contributed by atoms with van der Waals surface area (Å²) in [7, 11) is 0. The molecule has 0 saturated carbocycles. The number of aryl methyl sites for hydroxylation is 3. The molecule has 6 rings (SSSR count). The van der Waals surface area contributed by atoms with Crippen LogP contribution in [-0.4, -0.2) is 0 Å². The van der Waals surface area contributed by atoms with Gasteiger partial charge in [0, 0.05) is 11.6 Å². The molecule has 134 valence electrons. The Bertz CT molecular complexity index is 1110. The van der Waals surface area contributed by atoms with Crippen molar-refractivity contribution in [1.82, 2.24) is 0 Å². The molecule has 1 heteroatoms. The molecule has 0 saturated heterocycles. The number of benzene rings is 3. The fraction of sp³-hybridized carbons (Fsp3) is 0.308. The fourth-order valence-electron chi connectivity index (χ4n) is 5.77. The third-order valence-corrected chi connectivity index (χ3v) is 7.31. The van der Waals surface area contributed by atoms with Crippen molar-refractivity contribution in [3.8, 4) is 0 Å². The molecule has 27 heavy (non-hydrogen) atoms. The Morgan fingerprint density at radius 1 is 0.889 bits per heavy atom. The number of hydrogen-bond donors (Lipinski definition) is 1. The van der Waals surface area contributed by atoms with Gasteiger partial charge in [-0.25, -0.2) is 0 Å². The molecule has 0 spiro atoms. The van der Waals surface area contributed by atoms with Crippen molar-refractivity contribution in [2.24, 2.45) is 5.92 Å². The van der Waals surface area contributed by atoms with E-state index in [1.54, 1.807) is 0 Å². The molecular formula is C26H25N. The van der Waals surface area contributed by atoms with Crippen molar-refractivity contribution in [3.05, 3.63) is 88.0 Å². The highest BCUT2D eigenvalue weighted by Gasteiger charge is 2.39. The summed E-state index contributed by atoms with van der Waals surface area (Å²) in [4.78, 5) is 0. The van der Waals surface area contributed by atoms with Crippen molar-refractivity contribution >= 4 is 16.5 Å². The third-order valence-electron chi connectivity index (χ3n) is 7.31. The van der Waals surface area contributed by atoms with E-state index in [1.807, 2.05) is 0 Å². The Kier molecular flexibility index (Phi) is 3.15. The summed E-state index contributed by atoms with van der Waals surface area (Å²) in [5.74, 6) is 1.15. The lowest BCUT2D eigenvalue weighted by atomic mass is 9.75. The van der Waals surface area contributed by atoms with Crippen LogP contribution in [0.1, 0.15) is 51.8 Å². The summed E-state index contributed by atoms with van der Waals surface area (Å²) in [6, 6.07) is 16.7. The van der Waals surface area contributed by atoms with Gasteiger partial charge in [0.25, 0.3) is 0 Å². The van der Waals surface area contributed by atoms with Crippen LogP contribution in [0.5, 0.6) is 0 Å². The van der Waals surface area contributed by atoms with Gasteiger partial charge in [-0.1, -0.05) is 54.6 Å². The van der Waals surface area contributed by atoms with Gasteiger partial charge in [0.15, 0.2) is 0 Å². The van der Waals surface area contributed by atoms with Crippen molar-refractivity contribution < 1.29 is 0 Å². The van der Waals surface area contributed by atoms with E-state index in [0.717, 1.165) is 6.42 Å². The first-order valence-electron chi connectivity index (χ1n) is 10.3. The lowest BCUT2D eigenvalue weighted by Crippen LogP contribution is -2.30. The molecule has 1 nitrogen and oxygen atoms in total. The molecule has 0 bridgehead atoms. The second kappa shape index (κ2) is 5.48. The van der Waals surface area contributed by atoms with Crippen LogP contribution in [0.25, 0.3) is 10.8 Å². The molecular weight excluding hydrogens is 326 g/mol. The first kappa shape index (κ1) is 15.5. The van der Waals surface area contributed by atoms with Gasteiger partial charge in [-0.15, -0.1) is 0 Å². The maximum atomic E-state index is 4.01. The average molecular weight is 351 g/mol. The first-order valence-corrected chi connectivity index (χ1v) is 10.3. The van der Waals surface area contributed by atoms with Crippen LogP contribution in [0.2, 0.25) is 0 Å². The summed E-state index contributed by atoms with van der Waals surface area (Å²) < 4.78 is 0. The van der Waals surface area contributed by atoms with Crippen LogP contribution in [0.3, 0.4) is 0 Å². The van der Waals surface area contributed by atoms with E-state index in [1.165, 1.54) is 62.7 Å². The molecule has 0 aromatic heterocycles. The highest BCUT2D eigenvalue weighted by molar-refractivity contribution is 5.94. The van der Waals surface area contributed by atoms with Crippen LogP contribution >= 0.6 is 0 Å². The van der Waals surface area contributed by atoms with Crippen molar-refractivity contribution in [3.63, 3.8) is 0 Å². The second-order valence-corrected chi connectivity index (χ2v) is 8.60. The third kappa shape index (κ3) is 2.06. The lowest BCUT2D eigenvalue weighted by molar-refractivity contribution is 0.427. The van der Waals surface area contributed by atoms with Crippen molar-refractivity contribution in [2.45, 2.75) is 45.1 Å². The number of hydrogen-bond acceptors (Lipinski definition) is 1. The molecule has 1 heterocycles.